The first-order valence-corrected chi connectivity index (χ1v) is 5.19. The second-order valence-corrected chi connectivity index (χ2v) is 3.53. The van der Waals surface area contributed by atoms with Gasteiger partial charge in [0.1, 0.15) is 0 Å². The third-order valence-electron chi connectivity index (χ3n) is 2.16. The Kier molecular flexibility index (Phi) is 4.40. The van der Waals surface area contributed by atoms with Crippen LogP contribution in [-0.2, 0) is 0 Å². The molecule has 1 aromatic rings. The first-order valence-electron chi connectivity index (χ1n) is 5.19. The van der Waals surface area contributed by atoms with Crippen molar-refractivity contribution < 1.29 is 18.3 Å². The molecule has 1 aromatic carbocycles. The predicted octanol–water partition coefficient (Wildman–Crippen LogP) is 3.35. The van der Waals surface area contributed by atoms with E-state index in [-0.39, 0.29) is 17.1 Å². The number of benzene rings is 1. The highest BCUT2D eigenvalue weighted by molar-refractivity contribution is 5.94. The van der Waals surface area contributed by atoms with Crippen LogP contribution in [0.1, 0.15) is 37.0 Å². The van der Waals surface area contributed by atoms with E-state index in [1.165, 1.54) is 13.0 Å². The average molecular weight is 228 g/mol. The lowest BCUT2D eigenvalue weighted by Gasteiger charge is -2.08. The van der Waals surface area contributed by atoms with Gasteiger partial charge < -0.3 is 4.74 Å². The molecule has 88 valence electrons. The summed E-state index contributed by atoms with van der Waals surface area (Å²) in [6, 6.07) is 2.11. The summed E-state index contributed by atoms with van der Waals surface area (Å²) in [6.07, 6.45) is 1.65. The molecule has 0 aliphatic heterocycles. The second kappa shape index (κ2) is 5.58. The van der Waals surface area contributed by atoms with Gasteiger partial charge >= 0.3 is 0 Å². The molecule has 0 saturated heterocycles. The first-order chi connectivity index (χ1) is 7.56. The molecule has 0 aromatic heterocycles. The van der Waals surface area contributed by atoms with Gasteiger partial charge in [0, 0.05) is 5.56 Å². The lowest BCUT2D eigenvalue weighted by atomic mass is 10.1. The number of hydrogen-bond donors (Lipinski definition) is 0. The van der Waals surface area contributed by atoms with Gasteiger partial charge in [0.05, 0.1) is 6.61 Å². The van der Waals surface area contributed by atoms with Crippen molar-refractivity contribution in [1.82, 2.24) is 0 Å². The zero-order chi connectivity index (χ0) is 12.1. The van der Waals surface area contributed by atoms with Gasteiger partial charge in [-0.3, -0.25) is 4.79 Å². The number of halogens is 2. The Labute approximate surface area is 93.2 Å². The maximum atomic E-state index is 13.3. The molecule has 0 fully saturated rings. The third-order valence-corrected chi connectivity index (χ3v) is 2.16. The van der Waals surface area contributed by atoms with Gasteiger partial charge in [-0.05, 0) is 25.5 Å². The molecule has 0 unspecified atom stereocenters. The highest BCUT2D eigenvalue weighted by atomic mass is 19.2. The largest absolute Gasteiger partial charge is 0.490 e. The van der Waals surface area contributed by atoms with Crippen LogP contribution in [0.3, 0.4) is 0 Å². The Balaban J connectivity index is 2.93. The topological polar surface area (TPSA) is 26.3 Å². The van der Waals surface area contributed by atoms with Gasteiger partial charge in [-0.25, -0.2) is 4.39 Å². The van der Waals surface area contributed by atoms with Crippen LogP contribution < -0.4 is 4.74 Å². The fraction of sp³-hybridized carbons (Fsp3) is 0.417. The Morgan fingerprint density at radius 2 is 2.06 bits per heavy atom. The van der Waals surface area contributed by atoms with Gasteiger partial charge in [-0.2, -0.15) is 4.39 Å². The smallest absolute Gasteiger partial charge is 0.200 e. The number of unbranched alkanes of at least 4 members (excludes halogenated alkanes) is 1. The molecule has 0 heterocycles. The van der Waals surface area contributed by atoms with E-state index in [1.54, 1.807) is 0 Å². The van der Waals surface area contributed by atoms with Crippen molar-refractivity contribution in [3.8, 4) is 5.75 Å². The number of carbonyl (C=O) groups is 1. The van der Waals surface area contributed by atoms with Crippen LogP contribution in [0.2, 0.25) is 0 Å². The monoisotopic (exact) mass is 228 g/mol. The van der Waals surface area contributed by atoms with E-state index in [2.05, 4.69) is 0 Å². The van der Waals surface area contributed by atoms with E-state index < -0.39 is 11.6 Å². The van der Waals surface area contributed by atoms with Crippen molar-refractivity contribution in [3.05, 3.63) is 29.3 Å². The molecule has 0 amide bonds. The quantitative estimate of drug-likeness (QED) is 0.570. The Bertz CT molecular complexity index is 389. The van der Waals surface area contributed by atoms with Crippen molar-refractivity contribution in [2.45, 2.75) is 26.7 Å². The molecule has 0 saturated carbocycles. The SMILES string of the molecule is CCCCOc1cc(C(C)=O)cc(F)c1F. The molecular formula is C12H14F2O2. The van der Waals surface area contributed by atoms with Crippen LogP contribution in [-0.4, -0.2) is 12.4 Å². The summed E-state index contributed by atoms with van der Waals surface area (Å²) in [6.45, 7) is 3.57. The third kappa shape index (κ3) is 3.02. The van der Waals surface area contributed by atoms with E-state index in [9.17, 15) is 13.6 Å². The maximum absolute atomic E-state index is 13.3. The van der Waals surface area contributed by atoms with Gasteiger partial charge in [0.15, 0.2) is 17.3 Å². The zero-order valence-corrected chi connectivity index (χ0v) is 9.35. The van der Waals surface area contributed by atoms with Gasteiger partial charge in [-0.15, -0.1) is 0 Å². The highest BCUT2D eigenvalue weighted by Crippen LogP contribution is 2.22. The molecule has 0 aliphatic carbocycles. The normalized spacial score (nSPS) is 10.2. The van der Waals surface area contributed by atoms with E-state index in [0.29, 0.717) is 6.61 Å². The molecule has 4 heteroatoms. The summed E-state index contributed by atoms with van der Waals surface area (Å²) in [5.41, 5.74) is 0.116. The molecule has 0 radical (unpaired) electrons. The molecule has 2 nitrogen and oxygen atoms in total. The van der Waals surface area contributed by atoms with Crippen molar-refractivity contribution in [2.75, 3.05) is 6.61 Å². The van der Waals surface area contributed by atoms with Crippen LogP contribution in [0.4, 0.5) is 8.78 Å². The van der Waals surface area contributed by atoms with Crippen molar-refractivity contribution >= 4 is 5.78 Å². The summed E-state index contributed by atoms with van der Waals surface area (Å²) in [7, 11) is 0. The van der Waals surface area contributed by atoms with Crippen LogP contribution in [0, 0.1) is 11.6 Å². The molecular weight excluding hydrogens is 214 g/mol. The Morgan fingerprint density at radius 1 is 1.38 bits per heavy atom. The van der Waals surface area contributed by atoms with Gasteiger partial charge in [0.25, 0.3) is 0 Å². The van der Waals surface area contributed by atoms with Crippen LogP contribution in [0.25, 0.3) is 0 Å². The predicted molar refractivity (Wildman–Crippen MR) is 56.8 cm³/mol. The molecule has 0 aliphatic rings. The number of ketones is 1. The number of Topliss-reactive ketones (excluding diaryl/α,β-unsaturated/α-hetero) is 1. The van der Waals surface area contributed by atoms with Crippen molar-refractivity contribution in [1.29, 1.82) is 0 Å². The number of carbonyl (C=O) groups excluding carboxylic acids is 1. The number of ether oxygens (including phenoxy) is 1. The van der Waals surface area contributed by atoms with E-state index >= 15 is 0 Å². The lowest BCUT2D eigenvalue weighted by Crippen LogP contribution is -2.03. The maximum Gasteiger partial charge on any atom is 0.200 e. The Hall–Kier alpha value is -1.45. The van der Waals surface area contributed by atoms with Gasteiger partial charge in [-0.1, -0.05) is 13.3 Å². The molecule has 16 heavy (non-hydrogen) atoms. The zero-order valence-electron chi connectivity index (χ0n) is 9.35. The van der Waals surface area contributed by atoms with E-state index in [0.717, 1.165) is 18.9 Å². The molecule has 0 bridgehead atoms. The standard InChI is InChI=1S/C12H14F2O2/c1-3-4-5-16-11-7-9(8(2)15)6-10(13)12(11)14/h6-7H,3-5H2,1-2H3. The average Bonchev–Trinajstić information content (AvgIpc) is 2.24. The number of hydrogen-bond acceptors (Lipinski definition) is 2. The molecule has 0 spiro atoms. The minimum Gasteiger partial charge on any atom is -0.490 e. The molecule has 1 rings (SSSR count). The minimum atomic E-state index is -1.06. The summed E-state index contributed by atoms with van der Waals surface area (Å²) in [5.74, 6) is -2.61. The van der Waals surface area contributed by atoms with Crippen LogP contribution in [0.5, 0.6) is 5.75 Å². The van der Waals surface area contributed by atoms with Crippen LogP contribution >= 0.6 is 0 Å². The van der Waals surface area contributed by atoms with E-state index in [4.69, 9.17) is 4.74 Å². The van der Waals surface area contributed by atoms with E-state index in [1.807, 2.05) is 6.92 Å². The Morgan fingerprint density at radius 3 is 2.62 bits per heavy atom. The molecule has 0 N–H and O–H groups in total. The minimum absolute atomic E-state index is 0.116. The second-order valence-electron chi connectivity index (χ2n) is 3.53. The summed E-state index contributed by atoms with van der Waals surface area (Å²) in [5, 5.41) is 0. The van der Waals surface area contributed by atoms with Gasteiger partial charge in [0.2, 0.25) is 5.82 Å². The summed E-state index contributed by atoms with van der Waals surface area (Å²) in [4.78, 5) is 11.0. The summed E-state index contributed by atoms with van der Waals surface area (Å²) >= 11 is 0. The first kappa shape index (κ1) is 12.6. The number of rotatable bonds is 5. The fourth-order valence-corrected chi connectivity index (χ4v) is 1.20. The van der Waals surface area contributed by atoms with Crippen molar-refractivity contribution in [2.24, 2.45) is 0 Å². The highest BCUT2D eigenvalue weighted by Gasteiger charge is 2.13. The fourth-order valence-electron chi connectivity index (χ4n) is 1.20. The lowest BCUT2D eigenvalue weighted by molar-refractivity contribution is 0.101. The summed E-state index contributed by atoms with van der Waals surface area (Å²) < 4.78 is 31.4. The molecule has 0 atom stereocenters. The van der Waals surface area contributed by atoms with Crippen molar-refractivity contribution in [3.63, 3.8) is 0 Å². The van der Waals surface area contributed by atoms with Crippen LogP contribution in [0.15, 0.2) is 12.1 Å².